The summed E-state index contributed by atoms with van der Waals surface area (Å²) in [6.07, 6.45) is 3.99. The van der Waals surface area contributed by atoms with Crippen LogP contribution in [0, 0.1) is 5.92 Å². The number of hydrogen-bond donors (Lipinski definition) is 1. The van der Waals surface area contributed by atoms with Crippen LogP contribution in [0.25, 0.3) is 0 Å². The molecule has 2 atom stereocenters. The maximum Gasteiger partial charge on any atom is 0.0226 e. The molecule has 3 heteroatoms. The van der Waals surface area contributed by atoms with E-state index in [1.54, 1.807) is 0 Å². The van der Waals surface area contributed by atoms with Gasteiger partial charge < -0.3 is 10.2 Å². The van der Waals surface area contributed by atoms with E-state index in [1.807, 2.05) is 0 Å². The van der Waals surface area contributed by atoms with Crippen molar-refractivity contribution < 1.29 is 0 Å². The largest absolute Gasteiger partial charge is 0.311 e. The van der Waals surface area contributed by atoms with Gasteiger partial charge in [-0.2, -0.15) is 0 Å². The molecule has 1 aliphatic heterocycles. The van der Waals surface area contributed by atoms with Gasteiger partial charge >= 0.3 is 0 Å². The van der Waals surface area contributed by atoms with Gasteiger partial charge in [-0.1, -0.05) is 27.7 Å². The molecule has 2 unspecified atom stereocenters. The third-order valence-corrected chi connectivity index (χ3v) is 3.86. The van der Waals surface area contributed by atoms with Gasteiger partial charge in [-0.15, -0.1) is 0 Å². The van der Waals surface area contributed by atoms with Crippen molar-refractivity contribution in [3.8, 4) is 0 Å². The van der Waals surface area contributed by atoms with Crippen LogP contribution in [0.2, 0.25) is 0 Å². The Hall–Kier alpha value is -0.120. The SMILES string of the molecule is CC(C)CC(CN(C)C)N1CCCC(NC(C)C)C1. The lowest BCUT2D eigenvalue weighted by Crippen LogP contribution is -2.53. The van der Waals surface area contributed by atoms with Crippen LogP contribution in [0.5, 0.6) is 0 Å². The molecule has 1 heterocycles. The molecule has 1 N–H and O–H groups in total. The predicted molar refractivity (Wildman–Crippen MR) is 84.7 cm³/mol. The Morgan fingerprint density at radius 1 is 1.21 bits per heavy atom. The van der Waals surface area contributed by atoms with Crippen LogP contribution >= 0.6 is 0 Å². The molecule has 0 bridgehead atoms. The molecule has 0 radical (unpaired) electrons. The second kappa shape index (κ2) is 8.23. The van der Waals surface area contributed by atoms with Gasteiger partial charge in [0.1, 0.15) is 0 Å². The highest BCUT2D eigenvalue weighted by Gasteiger charge is 2.26. The highest BCUT2D eigenvalue weighted by Crippen LogP contribution is 2.19. The van der Waals surface area contributed by atoms with E-state index < -0.39 is 0 Å². The summed E-state index contributed by atoms with van der Waals surface area (Å²) in [5.74, 6) is 0.781. The molecule has 1 rings (SSSR count). The van der Waals surface area contributed by atoms with Crippen molar-refractivity contribution in [1.82, 2.24) is 15.1 Å². The second-order valence-electron chi connectivity index (χ2n) is 7.20. The van der Waals surface area contributed by atoms with Crippen LogP contribution < -0.4 is 5.32 Å². The van der Waals surface area contributed by atoms with E-state index in [4.69, 9.17) is 0 Å². The van der Waals surface area contributed by atoms with Crippen LogP contribution in [0.15, 0.2) is 0 Å². The van der Waals surface area contributed by atoms with E-state index in [2.05, 4.69) is 56.9 Å². The Morgan fingerprint density at radius 3 is 2.42 bits per heavy atom. The summed E-state index contributed by atoms with van der Waals surface area (Å²) in [6, 6.07) is 2.00. The number of likely N-dealkylation sites (N-methyl/N-ethyl adjacent to an activating group) is 1. The third-order valence-electron chi connectivity index (χ3n) is 3.86. The summed E-state index contributed by atoms with van der Waals surface area (Å²) >= 11 is 0. The fourth-order valence-corrected chi connectivity index (χ4v) is 3.25. The molecule has 0 aliphatic carbocycles. The normalized spacial score (nSPS) is 23.5. The molecular weight excluding hydrogens is 234 g/mol. The fourth-order valence-electron chi connectivity index (χ4n) is 3.25. The predicted octanol–water partition coefficient (Wildman–Crippen LogP) is 2.43. The summed E-state index contributed by atoms with van der Waals surface area (Å²) in [5, 5.41) is 3.72. The Balaban J connectivity index is 2.56. The van der Waals surface area contributed by atoms with Crippen LogP contribution in [0.3, 0.4) is 0 Å². The van der Waals surface area contributed by atoms with Crippen molar-refractivity contribution in [1.29, 1.82) is 0 Å². The van der Waals surface area contributed by atoms with Gasteiger partial charge in [-0.3, -0.25) is 4.90 Å². The minimum absolute atomic E-state index is 0.599. The molecule has 0 saturated carbocycles. The molecule has 0 amide bonds. The van der Waals surface area contributed by atoms with Gasteiger partial charge in [-0.05, 0) is 45.8 Å². The summed E-state index contributed by atoms with van der Waals surface area (Å²) in [7, 11) is 4.39. The van der Waals surface area contributed by atoms with Crippen LogP contribution in [-0.4, -0.2) is 61.7 Å². The molecular formula is C16H35N3. The molecule has 0 aromatic carbocycles. The Kier molecular flexibility index (Phi) is 7.33. The van der Waals surface area contributed by atoms with Crippen molar-refractivity contribution in [2.45, 2.75) is 65.1 Å². The Morgan fingerprint density at radius 2 is 1.89 bits per heavy atom. The number of nitrogens with one attached hydrogen (secondary N) is 1. The first-order chi connectivity index (χ1) is 8.88. The first-order valence-electron chi connectivity index (χ1n) is 8.03. The molecule has 0 aromatic heterocycles. The molecule has 19 heavy (non-hydrogen) atoms. The van der Waals surface area contributed by atoms with Crippen molar-refractivity contribution in [3.63, 3.8) is 0 Å². The zero-order chi connectivity index (χ0) is 14.4. The quantitative estimate of drug-likeness (QED) is 0.766. The molecule has 1 fully saturated rings. The lowest BCUT2D eigenvalue weighted by Gasteiger charge is -2.41. The maximum absolute atomic E-state index is 3.72. The zero-order valence-corrected chi connectivity index (χ0v) is 13.9. The van der Waals surface area contributed by atoms with E-state index in [-0.39, 0.29) is 0 Å². The highest BCUT2D eigenvalue weighted by atomic mass is 15.2. The molecule has 3 nitrogen and oxygen atoms in total. The number of rotatable bonds is 7. The van der Waals surface area contributed by atoms with E-state index in [0.29, 0.717) is 18.1 Å². The standard InChI is InChI=1S/C16H35N3/c1-13(2)10-16(12-18(5)6)19-9-7-8-15(11-19)17-14(3)4/h13-17H,7-12H2,1-6H3. The number of hydrogen-bond acceptors (Lipinski definition) is 3. The van der Waals surface area contributed by atoms with Crippen molar-refractivity contribution in [2.24, 2.45) is 5.92 Å². The van der Waals surface area contributed by atoms with E-state index >= 15 is 0 Å². The molecule has 0 spiro atoms. The smallest absolute Gasteiger partial charge is 0.0226 e. The minimum atomic E-state index is 0.599. The molecule has 114 valence electrons. The van der Waals surface area contributed by atoms with Crippen molar-refractivity contribution >= 4 is 0 Å². The van der Waals surface area contributed by atoms with E-state index in [0.717, 1.165) is 5.92 Å². The Labute approximate surface area is 120 Å². The van der Waals surface area contributed by atoms with Crippen LogP contribution in [-0.2, 0) is 0 Å². The topological polar surface area (TPSA) is 18.5 Å². The van der Waals surface area contributed by atoms with Crippen molar-refractivity contribution in [2.75, 3.05) is 33.7 Å². The maximum atomic E-state index is 3.72. The summed E-state index contributed by atoms with van der Waals surface area (Å²) in [5.41, 5.74) is 0. The van der Waals surface area contributed by atoms with Gasteiger partial charge in [0.05, 0.1) is 0 Å². The average Bonchev–Trinajstić information content (AvgIpc) is 2.26. The molecule has 1 saturated heterocycles. The fraction of sp³-hybridized carbons (Fsp3) is 1.00. The van der Waals surface area contributed by atoms with Crippen LogP contribution in [0.4, 0.5) is 0 Å². The monoisotopic (exact) mass is 269 g/mol. The van der Waals surface area contributed by atoms with E-state index in [9.17, 15) is 0 Å². The lowest BCUT2D eigenvalue weighted by atomic mass is 9.97. The van der Waals surface area contributed by atoms with Gasteiger partial charge in [0.15, 0.2) is 0 Å². The van der Waals surface area contributed by atoms with Gasteiger partial charge in [0.25, 0.3) is 0 Å². The number of piperidine rings is 1. The van der Waals surface area contributed by atoms with Gasteiger partial charge in [-0.25, -0.2) is 0 Å². The lowest BCUT2D eigenvalue weighted by molar-refractivity contribution is 0.0996. The highest BCUT2D eigenvalue weighted by molar-refractivity contribution is 4.85. The molecule has 0 aromatic rings. The summed E-state index contributed by atoms with van der Waals surface area (Å²) < 4.78 is 0. The van der Waals surface area contributed by atoms with Crippen LogP contribution in [0.1, 0.15) is 47.0 Å². The summed E-state index contributed by atoms with van der Waals surface area (Å²) in [6.45, 7) is 12.9. The average molecular weight is 269 g/mol. The number of likely N-dealkylation sites (tertiary alicyclic amines) is 1. The van der Waals surface area contributed by atoms with E-state index in [1.165, 1.54) is 38.9 Å². The second-order valence-corrected chi connectivity index (χ2v) is 7.20. The summed E-state index contributed by atoms with van der Waals surface area (Å²) in [4.78, 5) is 5.07. The van der Waals surface area contributed by atoms with Gasteiger partial charge in [0, 0.05) is 31.2 Å². The third kappa shape index (κ3) is 6.73. The zero-order valence-electron chi connectivity index (χ0n) is 13.9. The number of nitrogens with zero attached hydrogens (tertiary/aromatic N) is 2. The van der Waals surface area contributed by atoms with Gasteiger partial charge in [0.2, 0.25) is 0 Å². The molecule has 1 aliphatic rings. The van der Waals surface area contributed by atoms with Crippen molar-refractivity contribution in [3.05, 3.63) is 0 Å². The minimum Gasteiger partial charge on any atom is -0.311 e. The first-order valence-corrected chi connectivity index (χ1v) is 8.03. The first kappa shape index (κ1) is 16.9. The Bertz CT molecular complexity index is 228.